The molecule has 12 nitrogen and oxygen atoms in total. The van der Waals surface area contributed by atoms with Crippen LogP contribution in [0.15, 0.2) is 124 Å². The van der Waals surface area contributed by atoms with E-state index in [0.717, 1.165) is 17.7 Å². The average Bonchev–Trinajstić information content (AvgIpc) is 3.35. The number of phenolic OH excluding ortho intramolecular Hbond substituents is 1. The minimum Gasteiger partial charge on any atom is -0.508 e. The van der Waals surface area contributed by atoms with Crippen LogP contribution in [-0.4, -0.2) is 74.1 Å². The summed E-state index contributed by atoms with van der Waals surface area (Å²) in [4.78, 5) is 39.7. The first-order chi connectivity index (χ1) is 26.2. The fourth-order valence-electron chi connectivity index (χ4n) is 5.64. The maximum absolute atomic E-state index is 13.2. The third-order valence-corrected chi connectivity index (χ3v) is 8.70. The van der Waals surface area contributed by atoms with Crippen molar-refractivity contribution in [2.75, 3.05) is 50.2 Å². The molecule has 1 atom stereocenters. The Labute approximate surface area is 316 Å². The number of phenols is 1. The largest absolute Gasteiger partial charge is 0.508 e. The topological polar surface area (TPSA) is 158 Å². The highest BCUT2D eigenvalue weighted by Gasteiger charge is 2.24. The summed E-state index contributed by atoms with van der Waals surface area (Å²) in [6, 6.07) is 32.9. The predicted octanol–water partition coefficient (Wildman–Crippen LogP) is 6.63. The lowest BCUT2D eigenvalue weighted by molar-refractivity contribution is 0.0512. The quantitative estimate of drug-likeness (QED) is 0.0640. The predicted molar refractivity (Wildman–Crippen MR) is 215 cm³/mol. The number of anilines is 2. The number of guanidine groups is 1. The third-order valence-electron chi connectivity index (χ3n) is 8.70. The van der Waals surface area contributed by atoms with Crippen LogP contribution in [0.5, 0.6) is 5.75 Å². The van der Waals surface area contributed by atoms with E-state index in [2.05, 4.69) is 28.2 Å². The second-order valence-electron chi connectivity index (χ2n) is 13.2. The van der Waals surface area contributed by atoms with Crippen LogP contribution in [0, 0.1) is 5.92 Å². The molecule has 0 aromatic heterocycles. The summed E-state index contributed by atoms with van der Waals surface area (Å²) in [5.41, 5.74) is 3.14. The summed E-state index contributed by atoms with van der Waals surface area (Å²) in [7, 11) is 0. The summed E-state index contributed by atoms with van der Waals surface area (Å²) < 4.78 is 11.3. The number of benzene rings is 4. The molecule has 282 valence electrons. The molecule has 54 heavy (non-hydrogen) atoms. The molecule has 12 heteroatoms. The fourth-order valence-corrected chi connectivity index (χ4v) is 5.64. The molecule has 1 aliphatic heterocycles. The molecule has 0 bridgehead atoms. The number of aliphatic imine (C=N–C) groups is 3. The number of rotatable bonds is 16. The molecule has 0 spiro atoms. The molecular formula is C42H49N7O5. The van der Waals surface area contributed by atoms with E-state index in [4.69, 9.17) is 24.5 Å². The Morgan fingerprint density at radius 3 is 2.06 bits per heavy atom. The third kappa shape index (κ3) is 12.1. The molecule has 0 fully saturated rings. The molecule has 5 rings (SSSR count). The second kappa shape index (κ2) is 19.8. The van der Waals surface area contributed by atoms with Crippen molar-refractivity contribution < 1.29 is 24.2 Å². The maximum Gasteiger partial charge on any atom is 0.251 e. The van der Waals surface area contributed by atoms with E-state index < -0.39 is 5.54 Å². The number of amidine groups is 2. The first-order valence-corrected chi connectivity index (χ1v) is 18.2. The minimum atomic E-state index is -0.539. The van der Waals surface area contributed by atoms with Gasteiger partial charge < -0.3 is 35.8 Å². The zero-order valence-corrected chi connectivity index (χ0v) is 31.0. The van der Waals surface area contributed by atoms with Gasteiger partial charge in [-0.3, -0.25) is 14.6 Å². The summed E-state index contributed by atoms with van der Waals surface area (Å²) in [5.74, 6) is 1.54. The zero-order chi connectivity index (χ0) is 38.2. The molecule has 5 N–H and O–H groups in total. The molecule has 0 aliphatic carbocycles. The normalized spacial score (nSPS) is 15.1. The van der Waals surface area contributed by atoms with Gasteiger partial charge in [0.15, 0.2) is 0 Å². The van der Waals surface area contributed by atoms with Crippen LogP contribution >= 0.6 is 0 Å². The van der Waals surface area contributed by atoms with Gasteiger partial charge >= 0.3 is 0 Å². The van der Waals surface area contributed by atoms with Crippen molar-refractivity contribution in [2.45, 2.75) is 39.2 Å². The van der Waals surface area contributed by atoms with Crippen molar-refractivity contribution in [3.63, 3.8) is 0 Å². The van der Waals surface area contributed by atoms with Gasteiger partial charge in [-0.1, -0.05) is 55.5 Å². The minimum absolute atomic E-state index is 0.0158. The van der Waals surface area contributed by atoms with Gasteiger partial charge in [0.1, 0.15) is 17.4 Å². The van der Waals surface area contributed by atoms with Crippen molar-refractivity contribution in [1.82, 2.24) is 10.6 Å². The summed E-state index contributed by atoms with van der Waals surface area (Å²) >= 11 is 0. The number of aromatic hydroxyl groups is 1. The number of carbonyl (C=O) groups is 2. The highest BCUT2D eigenvalue weighted by molar-refractivity contribution is 6.14. The molecule has 0 saturated carbocycles. The Morgan fingerprint density at radius 1 is 0.759 bits per heavy atom. The first kappa shape index (κ1) is 39.4. The summed E-state index contributed by atoms with van der Waals surface area (Å²) in [6.45, 7) is 8.44. The Kier molecular flexibility index (Phi) is 14.5. The van der Waals surface area contributed by atoms with Crippen LogP contribution in [0.1, 0.15) is 59.9 Å². The number of nitrogens with zero attached hydrogens (tertiary/aromatic N) is 3. The fraction of sp³-hybridized carbons (Fsp3) is 0.310. The van der Waals surface area contributed by atoms with Gasteiger partial charge in [0.25, 0.3) is 11.8 Å². The lowest BCUT2D eigenvalue weighted by atomic mass is 9.94. The number of amides is 2. The van der Waals surface area contributed by atoms with Gasteiger partial charge in [0.05, 0.1) is 38.5 Å². The number of hydrogen-bond donors (Lipinski definition) is 5. The standard InChI is InChI=1S/C42H49N7O5/c1-4-30-29-37(43-23-25-53-27-28-54-26-24-44-39(51)31-11-7-5-8-12-31)47-41(46-35-19-21-36(50)22-20-35)48-38(30)45-34-17-15-32(16-18-34)40(52)49-42(2,3)33-13-9-6-10-14-33/h5-22,30,50H,4,23-29H2,1-3H3,(H,44,51)(H,49,52)(H2,43,45,46,47,48). The van der Waals surface area contributed by atoms with E-state index in [0.29, 0.717) is 80.4 Å². The van der Waals surface area contributed by atoms with Crippen molar-refractivity contribution in [3.8, 4) is 5.75 Å². The summed E-state index contributed by atoms with van der Waals surface area (Å²) in [6.07, 6.45) is 1.33. The highest BCUT2D eigenvalue weighted by atomic mass is 16.5. The van der Waals surface area contributed by atoms with E-state index in [9.17, 15) is 14.7 Å². The maximum atomic E-state index is 13.2. The van der Waals surface area contributed by atoms with Crippen molar-refractivity contribution >= 4 is 40.8 Å². The average molecular weight is 732 g/mol. The Morgan fingerprint density at radius 2 is 1.37 bits per heavy atom. The molecule has 0 radical (unpaired) electrons. The number of nitrogens with one attached hydrogen (secondary N) is 4. The van der Waals surface area contributed by atoms with Crippen molar-refractivity contribution in [1.29, 1.82) is 0 Å². The van der Waals surface area contributed by atoms with Gasteiger partial charge in [0.2, 0.25) is 5.96 Å². The van der Waals surface area contributed by atoms with Gasteiger partial charge in [-0.2, -0.15) is 9.98 Å². The second-order valence-corrected chi connectivity index (χ2v) is 13.2. The molecule has 4 aromatic rings. The van der Waals surface area contributed by atoms with Gasteiger partial charge in [0, 0.05) is 41.4 Å². The Hall–Kier alpha value is -5.85. The molecule has 1 unspecified atom stereocenters. The van der Waals surface area contributed by atoms with Crippen LogP contribution in [0.2, 0.25) is 0 Å². The Balaban J connectivity index is 1.15. The van der Waals surface area contributed by atoms with E-state index in [-0.39, 0.29) is 23.5 Å². The van der Waals surface area contributed by atoms with Crippen LogP contribution < -0.4 is 21.3 Å². The SMILES string of the molecule is CCC1CC(=NCCOCCOCCNC(=O)c2ccccc2)N=C(Nc2ccc(O)cc2)N=C1Nc1ccc(C(=O)NC(C)(C)c2ccccc2)cc1. The van der Waals surface area contributed by atoms with Gasteiger partial charge in [-0.05, 0) is 86.5 Å². The molecule has 4 aromatic carbocycles. The van der Waals surface area contributed by atoms with Gasteiger partial charge in [-0.25, -0.2) is 0 Å². The van der Waals surface area contributed by atoms with E-state index in [1.807, 2.05) is 74.5 Å². The number of carbonyl (C=O) groups excluding carboxylic acids is 2. The van der Waals surface area contributed by atoms with E-state index >= 15 is 0 Å². The number of hydrogen-bond acceptors (Lipinski definition) is 9. The van der Waals surface area contributed by atoms with Crippen LogP contribution in [-0.2, 0) is 15.0 Å². The van der Waals surface area contributed by atoms with Crippen LogP contribution in [0.4, 0.5) is 11.4 Å². The molecule has 2 amide bonds. The van der Waals surface area contributed by atoms with E-state index in [1.54, 1.807) is 48.5 Å². The first-order valence-electron chi connectivity index (χ1n) is 18.2. The lowest BCUT2D eigenvalue weighted by Gasteiger charge is -2.27. The van der Waals surface area contributed by atoms with Gasteiger partial charge in [-0.15, -0.1) is 0 Å². The highest BCUT2D eigenvalue weighted by Crippen LogP contribution is 2.23. The molecule has 0 saturated heterocycles. The van der Waals surface area contributed by atoms with Crippen LogP contribution in [0.3, 0.4) is 0 Å². The number of ether oxygens (including phenoxy) is 2. The lowest BCUT2D eigenvalue weighted by Crippen LogP contribution is -2.40. The molecule has 1 aliphatic rings. The summed E-state index contributed by atoms with van der Waals surface area (Å²) in [5, 5.41) is 22.5. The monoisotopic (exact) mass is 731 g/mol. The smallest absolute Gasteiger partial charge is 0.251 e. The van der Waals surface area contributed by atoms with Crippen molar-refractivity contribution in [2.24, 2.45) is 20.9 Å². The molecular weight excluding hydrogens is 683 g/mol. The molecule has 1 heterocycles. The van der Waals surface area contributed by atoms with E-state index in [1.165, 1.54) is 0 Å². The van der Waals surface area contributed by atoms with Crippen LogP contribution in [0.25, 0.3) is 0 Å². The Bertz CT molecular complexity index is 1900. The van der Waals surface area contributed by atoms with Crippen molar-refractivity contribution in [3.05, 3.63) is 126 Å². The zero-order valence-electron chi connectivity index (χ0n) is 31.0.